The van der Waals surface area contributed by atoms with Gasteiger partial charge in [0.15, 0.2) is 5.54 Å². The van der Waals surface area contributed by atoms with E-state index in [0.717, 1.165) is 36.0 Å². The second-order valence-corrected chi connectivity index (χ2v) is 14.9. The van der Waals surface area contributed by atoms with E-state index >= 15 is 4.79 Å². The van der Waals surface area contributed by atoms with Crippen LogP contribution in [0.5, 0.6) is 11.5 Å². The molecule has 0 bridgehead atoms. The quantitative estimate of drug-likeness (QED) is 0.272. The number of benzene rings is 3. The molecule has 2 saturated heterocycles. The molecule has 14 heteroatoms. The summed E-state index contributed by atoms with van der Waals surface area (Å²) in [5.74, 6) is 0.377. The molecule has 258 valence electrons. The zero-order valence-corrected chi connectivity index (χ0v) is 29.0. The molecule has 1 N–H and O–H groups in total. The number of hydrogen-bond donors (Lipinski definition) is 1. The third-order valence-electron chi connectivity index (χ3n) is 9.76. The maximum absolute atomic E-state index is 15.5. The van der Waals surface area contributed by atoms with Gasteiger partial charge in [-0.3, -0.25) is 14.6 Å². The SMILES string of the molecule is COc1ccc(S(=O)(=O)N2C(=O)C(c3ccc(CN4CCN(C)CC4)cc3OC)(N3CC(O)CC3c3ncco3)c3cc(Cl)ccc32)cc1. The zero-order chi connectivity index (χ0) is 34.5. The summed E-state index contributed by atoms with van der Waals surface area (Å²) in [6.07, 6.45) is 2.25. The summed E-state index contributed by atoms with van der Waals surface area (Å²) in [4.78, 5) is 26.2. The Hall–Kier alpha value is -3.98. The Balaban J connectivity index is 1.44. The molecule has 1 aromatic heterocycles. The third kappa shape index (κ3) is 5.68. The van der Waals surface area contributed by atoms with Gasteiger partial charge in [0.05, 0.1) is 43.1 Å². The molecule has 0 saturated carbocycles. The normalized spacial score (nSPS) is 23.6. The molecule has 1 amide bonds. The second kappa shape index (κ2) is 13.0. The van der Waals surface area contributed by atoms with E-state index < -0.39 is 33.6 Å². The number of piperazine rings is 1. The number of β-amino-alcohol motifs (C(OH)–C–C–N with tert-alkyl or cyclic N) is 1. The number of sulfonamides is 1. The van der Waals surface area contributed by atoms with Gasteiger partial charge < -0.3 is 23.9 Å². The van der Waals surface area contributed by atoms with Gasteiger partial charge in [0.1, 0.15) is 17.8 Å². The number of likely N-dealkylation sites (tertiary alicyclic amines) is 1. The average Bonchev–Trinajstić information content (AvgIpc) is 3.83. The number of rotatable bonds is 9. The number of aliphatic hydroxyl groups excluding tert-OH is 1. The number of carbonyl (C=O) groups is 1. The fraction of sp³-hybridized carbons (Fsp3) is 0.371. The summed E-state index contributed by atoms with van der Waals surface area (Å²) >= 11 is 6.65. The molecule has 3 unspecified atom stereocenters. The highest BCUT2D eigenvalue weighted by molar-refractivity contribution is 7.93. The standard InChI is InChI=1S/C35H38ClN5O7S/c1-38-13-15-39(16-14-38)21-23-4-10-28(32(18-23)47-3)35(40-22-25(42)20-31(40)33-37-12-17-48-33)29-19-24(36)5-11-30(29)41(34(35)43)49(44,45)27-8-6-26(46-2)7-9-27/h4-12,17-19,25,31,42H,13-16,20-22H2,1-3H3. The first-order valence-corrected chi connectivity index (χ1v) is 17.9. The van der Waals surface area contributed by atoms with Crippen molar-refractivity contribution in [1.82, 2.24) is 19.7 Å². The third-order valence-corrected chi connectivity index (χ3v) is 11.7. The highest BCUT2D eigenvalue weighted by atomic mass is 35.5. The van der Waals surface area contributed by atoms with E-state index in [2.05, 4.69) is 21.8 Å². The van der Waals surface area contributed by atoms with Gasteiger partial charge in [-0.25, -0.2) is 17.7 Å². The molecule has 2 fully saturated rings. The molecule has 12 nitrogen and oxygen atoms in total. The fourth-order valence-corrected chi connectivity index (χ4v) is 8.98. The van der Waals surface area contributed by atoms with Crippen LogP contribution in [0.1, 0.15) is 35.0 Å². The van der Waals surface area contributed by atoms with Crippen molar-refractivity contribution >= 4 is 33.2 Å². The molecule has 4 heterocycles. The molecule has 4 aromatic rings. The maximum atomic E-state index is 15.5. The van der Waals surface area contributed by atoms with Gasteiger partial charge in [-0.1, -0.05) is 23.7 Å². The first-order valence-electron chi connectivity index (χ1n) is 16.0. The van der Waals surface area contributed by atoms with Crippen LogP contribution in [0, 0.1) is 0 Å². The number of likely N-dealkylation sites (N-methyl/N-ethyl adjacent to an activating group) is 1. The highest BCUT2D eigenvalue weighted by Gasteiger charge is 2.63. The van der Waals surface area contributed by atoms with E-state index in [9.17, 15) is 13.5 Å². The fourth-order valence-electron chi connectivity index (χ4n) is 7.35. The number of methoxy groups -OCH3 is 2. The molecular formula is C35H38ClN5O7S. The van der Waals surface area contributed by atoms with Crippen molar-refractivity contribution in [2.75, 3.05) is 58.3 Å². The number of hydrogen-bond acceptors (Lipinski definition) is 11. The lowest BCUT2D eigenvalue weighted by Crippen LogP contribution is -2.55. The number of fused-ring (bicyclic) bond motifs is 1. The monoisotopic (exact) mass is 707 g/mol. The number of aromatic nitrogens is 1. The number of halogens is 1. The average molecular weight is 708 g/mol. The van der Waals surface area contributed by atoms with Crippen molar-refractivity contribution in [2.45, 2.75) is 35.5 Å². The van der Waals surface area contributed by atoms with Gasteiger partial charge in [0.2, 0.25) is 5.89 Å². The molecule has 3 aliphatic heterocycles. The molecule has 0 aliphatic carbocycles. The van der Waals surface area contributed by atoms with Crippen LogP contribution >= 0.6 is 11.6 Å². The van der Waals surface area contributed by atoms with Gasteiger partial charge >= 0.3 is 0 Å². The minimum absolute atomic E-state index is 0.00731. The molecule has 49 heavy (non-hydrogen) atoms. The predicted octanol–water partition coefficient (Wildman–Crippen LogP) is 3.88. The lowest BCUT2D eigenvalue weighted by molar-refractivity contribution is -0.127. The molecule has 7 rings (SSSR count). The summed E-state index contributed by atoms with van der Waals surface area (Å²) in [7, 11) is 0.644. The molecule has 3 atom stereocenters. The van der Waals surface area contributed by atoms with Crippen LogP contribution in [0.25, 0.3) is 0 Å². The number of aliphatic hydroxyl groups is 1. The van der Waals surface area contributed by atoms with Crippen LogP contribution in [0.2, 0.25) is 5.02 Å². The van der Waals surface area contributed by atoms with Gasteiger partial charge in [-0.15, -0.1) is 0 Å². The largest absolute Gasteiger partial charge is 0.497 e. The van der Waals surface area contributed by atoms with Crippen molar-refractivity contribution in [3.63, 3.8) is 0 Å². The Kier molecular flexibility index (Phi) is 8.92. The summed E-state index contributed by atoms with van der Waals surface area (Å²) < 4.78 is 47.0. The van der Waals surface area contributed by atoms with Gasteiger partial charge in [0, 0.05) is 55.4 Å². The topological polar surface area (TPSA) is 129 Å². The zero-order valence-electron chi connectivity index (χ0n) is 27.5. The first kappa shape index (κ1) is 33.5. The van der Waals surface area contributed by atoms with Crippen molar-refractivity contribution < 1.29 is 32.2 Å². The van der Waals surface area contributed by atoms with Crippen LogP contribution in [-0.4, -0.2) is 99.2 Å². The molecule has 3 aromatic carbocycles. The van der Waals surface area contributed by atoms with E-state index in [-0.39, 0.29) is 29.4 Å². The number of ether oxygens (including phenoxy) is 2. The first-order chi connectivity index (χ1) is 23.6. The van der Waals surface area contributed by atoms with E-state index in [0.29, 0.717) is 34.2 Å². The minimum Gasteiger partial charge on any atom is -0.497 e. The Labute approximate surface area is 290 Å². The van der Waals surface area contributed by atoms with Gasteiger partial charge in [0.25, 0.3) is 15.9 Å². The highest BCUT2D eigenvalue weighted by Crippen LogP contribution is 2.56. The minimum atomic E-state index is -4.48. The molecule has 0 radical (unpaired) electrons. The van der Waals surface area contributed by atoms with Crippen molar-refractivity contribution in [2.24, 2.45) is 0 Å². The Morgan fingerprint density at radius 1 is 1.00 bits per heavy atom. The number of carbonyl (C=O) groups excluding carboxylic acids is 1. The summed E-state index contributed by atoms with van der Waals surface area (Å²) in [5.41, 5.74) is 0.0297. The van der Waals surface area contributed by atoms with Crippen molar-refractivity contribution in [1.29, 1.82) is 0 Å². The summed E-state index contributed by atoms with van der Waals surface area (Å²) in [6.45, 7) is 4.43. The van der Waals surface area contributed by atoms with E-state index in [1.807, 2.05) is 18.2 Å². The summed E-state index contributed by atoms with van der Waals surface area (Å²) in [6, 6.07) is 15.6. The lowest BCUT2D eigenvalue weighted by Gasteiger charge is -2.41. The van der Waals surface area contributed by atoms with Crippen LogP contribution in [-0.2, 0) is 26.9 Å². The maximum Gasteiger partial charge on any atom is 0.271 e. The van der Waals surface area contributed by atoms with Crippen molar-refractivity contribution in [3.8, 4) is 11.5 Å². The molecule has 0 spiro atoms. The van der Waals surface area contributed by atoms with Gasteiger partial charge in [-0.2, -0.15) is 0 Å². The van der Waals surface area contributed by atoms with Crippen LogP contribution in [0.4, 0.5) is 5.69 Å². The number of oxazole rings is 1. The van der Waals surface area contributed by atoms with Crippen LogP contribution in [0.15, 0.2) is 82.4 Å². The van der Waals surface area contributed by atoms with Crippen molar-refractivity contribution in [3.05, 3.63) is 101 Å². The number of anilines is 1. The molecular weight excluding hydrogens is 670 g/mol. The predicted molar refractivity (Wildman–Crippen MR) is 182 cm³/mol. The van der Waals surface area contributed by atoms with E-state index in [1.165, 1.54) is 50.9 Å². The number of amides is 1. The second-order valence-electron chi connectivity index (χ2n) is 12.7. The summed E-state index contributed by atoms with van der Waals surface area (Å²) in [5, 5.41) is 11.5. The Bertz CT molecular complexity index is 1950. The van der Waals surface area contributed by atoms with Gasteiger partial charge in [-0.05, 0) is 67.6 Å². The smallest absolute Gasteiger partial charge is 0.271 e. The number of nitrogens with zero attached hydrogens (tertiary/aromatic N) is 5. The van der Waals surface area contributed by atoms with E-state index in [4.69, 9.17) is 25.5 Å². The lowest BCUT2D eigenvalue weighted by atomic mass is 9.80. The van der Waals surface area contributed by atoms with Crippen LogP contribution in [0.3, 0.4) is 0 Å². The van der Waals surface area contributed by atoms with E-state index in [1.54, 1.807) is 23.1 Å². The van der Waals surface area contributed by atoms with Crippen LogP contribution < -0.4 is 13.8 Å². The Morgan fingerprint density at radius 2 is 1.76 bits per heavy atom. The molecule has 3 aliphatic rings. The Morgan fingerprint density at radius 3 is 2.43 bits per heavy atom.